The van der Waals surface area contributed by atoms with Crippen molar-refractivity contribution in [1.82, 2.24) is 14.9 Å². The molecule has 24 heavy (non-hydrogen) atoms. The van der Waals surface area contributed by atoms with E-state index in [-0.39, 0.29) is 11.6 Å². The van der Waals surface area contributed by atoms with Gasteiger partial charge in [-0.15, -0.1) is 0 Å². The van der Waals surface area contributed by atoms with Gasteiger partial charge in [-0.1, -0.05) is 0 Å². The Morgan fingerprint density at radius 1 is 1.12 bits per heavy atom. The summed E-state index contributed by atoms with van der Waals surface area (Å²) in [5, 5.41) is 8.85. The molecule has 0 bridgehead atoms. The van der Waals surface area contributed by atoms with Gasteiger partial charge in [0.1, 0.15) is 17.3 Å². The Morgan fingerprint density at radius 2 is 1.83 bits per heavy atom. The van der Waals surface area contributed by atoms with E-state index in [9.17, 15) is 9.59 Å². The highest BCUT2D eigenvalue weighted by Gasteiger charge is 2.25. The largest absolute Gasteiger partial charge is 0.476 e. The summed E-state index contributed by atoms with van der Waals surface area (Å²) >= 11 is 0. The zero-order valence-corrected chi connectivity index (χ0v) is 13.5. The van der Waals surface area contributed by atoms with Gasteiger partial charge in [0.2, 0.25) is 0 Å². The van der Waals surface area contributed by atoms with Crippen LogP contribution in [0.5, 0.6) is 0 Å². The number of aryl methyl sites for hydroxylation is 2. The van der Waals surface area contributed by atoms with Crippen LogP contribution in [-0.2, 0) is 0 Å². The Bertz CT molecular complexity index is 761. The lowest BCUT2D eigenvalue weighted by atomic mass is 10.2. The molecule has 2 aromatic rings. The minimum Gasteiger partial charge on any atom is -0.476 e. The lowest BCUT2D eigenvalue weighted by Crippen LogP contribution is -2.49. The molecule has 0 aromatic carbocycles. The van der Waals surface area contributed by atoms with Gasteiger partial charge < -0.3 is 19.3 Å². The number of nitrogens with zero attached hydrogens (tertiary/aromatic N) is 4. The van der Waals surface area contributed by atoms with Crippen molar-refractivity contribution in [2.45, 2.75) is 13.8 Å². The van der Waals surface area contributed by atoms with Gasteiger partial charge >= 0.3 is 5.97 Å². The molecular formula is C16H18N4O4. The topological polar surface area (TPSA) is 99.8 Å². The van der Waals surface area contributed by atoms with E-state index < -0.39 is 5.97 Å². The zero-order chi connectivity index (χ0) is 17.3. The Balaban J connectivity index is 1.64. The third kappa shape index (κ3) is 3.08. The molecular weight excluding hydrogens is 312 g/mol. The number of carbonyl (C=O) groups is 2. The van der Waals surface area contributed by atoms with Gasteiger partial charge in [-0.2, -0.15) is 0 Å². The lowest BCUT2D eigenvalue weighted by molar-refractivity contribution is 0.0688. The van der Waals surface area contributed by atoms with Crippen LogP contribution in [0, 0.1) is 13.8 Å². The monoisotopic (exact) mass is 330 g/mol. The molecule has 8 heteroatoms. The van der Waals surface area contributed by atoms with Crippen molar-refractivity contribution in [3.8, 4) is 0 Å². The van der Waals surface area contributed by atoms with Crippen LogP contribution in [0.2, 0.25) is 0 Å². The molecule has 0 aliphatic carbocycles. The van der Waals surface area contributed by atoms with E-state index in [0.29, 0.717) is 43.3 Å². The van der Waals surface area contributed by atoms with Crippen LogP contribution < -0.4 is 4.90 Å². The molecule has 1 amide bonds. The molecule has 0 unspecified atom stereocenters. The highest BCUT2D eigenvalue weighted by molar-refractivity contribution is 5.95. The number of hydrogen-bond donors (Lipinski definition) is 1. The molecule has 1 aliphatic heterocycles. The number of carboxylic acids is 1. The maximum absolute atomic E-state index is 12.6. The van der Waals surface area contributed by atoms with Crippen molar-refractivity contribution >= 4 is 17.7 Å². The molecule has 1 saturated heterocycles. The van der Waals surface area contributed by atoms with Crippen molar-refractivity contribution in [3.05, 3.63) is 41.2 Å². The molecule has 126 valence electrons. The molecule has 0 spiro atoms. The molecule has 3 rings (SSSR count). The summed E-state index contributed by atoms with van der Waals surface area (Å²) in [6.07, 6.45) is 2.69. The molecule has 0 radical (unpaired) electrons. The maximum Gasteiger partial charge on any atom is 0.356 e. The second kappa shape index (κ2) is 6.31. The summed E-state index contributed by atoms with van der Waals surface area (Å²) < 4.78 is 5.42. The van der Waals surface area contributed by atoms with Gasteiger partial charge in [0.05, 0.1) is 18.0 Å². The van der Waals surface area contributed by atoms with Crippen LogP contribution in [0.4, 0.5) is 5.82 Å². The standard InChI is InChI=1S/C16H18N4O4/c1-10-7-12(11(2)24-10)15(21)20-5-3-19(4-6-20)14-9-17-13(8-18-14)16(22)23/h7-9H,3-6H2,1-2H3,(H,22,23). The van der Waals surface area contributed by atoms with Crippen molar-refractivity contribution in [2.24, 2.45) is 0 Å². The smallest absolute Gasteiger partial charge is 0.356 e. The SMILES string of the molecule is Cc1cc(C(=O)N2CCN(c3cnc(C(=O)O)cn3)CC2)c(C)o1. The summed E-state index contributed by atoms with van der Waals surface area (Å²) in [5.74, 6) is 0.840. The van der Waals surface area contributed by atoms with Gasteiger partial charge in [0.25, 0.3) is 5.91 Å². The van der Waals surface area contributed by atoms with Crippen LogP contribution in [0.3, 0.4) is 0 Å². The first-order chi connectivity index (χ1) is 11.5. The number of furan rings is 1. The number of anilines is 1. The fourth-order valence-corrected chi connectivity index (χ4v) is 2.75. The van der Waals surface area contributed by atoms with Crippen LogP contribution in [0.25, 0.3) is 0 Å². The summed E-state index contributed by atoms with van der Waals surface area (Å²) in [6.45, 7) is 5.96. The molecule has 1 aliphatic rings. The van der Waals surface area contributed by atoms with E-state index in [2.05, 4.69) is 9.97 Å². The predicted octanol–water partition coefficient (Wildman–Crippen LogP) is 1.35. The third-order valence-electron chi connectivity index (χ3n) is 4.02. The number of piperazine rings is 1. The fraction of sp³-hybridized carbons (Fsp3) is 0.375. The third-order valence-corrected chi connectivity index (χ3v) is 4.02. The highest BCUT2D eigenvalue weighted by atomic mass is 16.4. The summed E-state index contributed by atoms with van der Waals surface area (Å²) in [6, 6.07) is 1.76. The van der Waals surface area contributed by atoms with Crippen LogP contribution >= 0.6 is 0 Å². The van der Waals surface area contributed by atoms with Crippen molar-refractivity contribution in [2.75, 3.05) is 31.1 Å². The Labute approximate surface area is 138 Å². The fourth-order valence-electron chi connectivity index (χ4n) is 2.75. The minimum absolute atomic E-state index is 0.0312. The van der Waals surface area contributed by atoms with E-state index in [1.165, 1.54) is 12.4 Å². The Morgan fingerprint density at radius 3 is 2.33 bits per heavy atom. The van der Waals surface area contributed by atoms with Gasteiger partial charge in [-0.25, -0.2) is 14.8 Å². The van der Waals surface area contributed by atoms with E-state index in [1.54, 1.807) is 17.9 Å². The number of aromatic nitrogens is 2. The lowest BCUT2D eigenvalue weighted by Gasteiger charge is -2.35. The van der Waals surface area contributed by atoms with Gasteiger partial charge in [-0.05, 0) is 19.9 Å². The number of rotatable bonds is 3. The summed E-state index contributed by atoms with van der Waals surface area (Å²) in [7, 11) is 0. The highest BCUT2D eigenvalue weighted by Crippen LogP contribution is 2.18. The summed E-state index contributed by atoms with van der Waals surface area (Å²) in [5.41, 5.74) is 0.518. The van der Waals surface area contributed by atoms with E-state index in [4.69, 9.17) is 9.52 Å². The molecule has 0 saturated carbocycles. The summed E-state index contributed by atoms with van der Waals surface area (Å²) in [4.78, 5) is 35.1. The zero-order valence-electron chi connectivity index (χ0n) is 13.5. The minimum atomic E-state index is -1.10. The quantitative estimate of drug-likeness (QED) is 0.906. The van der Waals surface area contributed by atoms with Gasteiger partial charge in [-0.3, -0.25) is 4.79 Å². The predicted molar refractivity (Wildman–Crippen MR) is 85.3 cm³/mol. The Kier molecular flexibility index (Phi) is 4.20. The van der Waals surface area contributed by atoms with E-state index in [1.807, 2.05) is 11.8 Å². The second-order valence-electron chi connectivity index (χ2n) is 5.67. The van der Waals surface area contributed by atoms with Gasteiger partial charge in [0, 0.05) is 26.2 Å². The second-order valence-corrected chi connectivity index (χ2v) is 5.67. The van der Waals surface area contributed by atoms with Crippen molar-refractivity contribution < 1.29 is 19.1 Å². The molecule has 2 aromatic heterocycles. The van der Waals surface area contributed by atoms with E-state index >= 15 is 0 Å². The normalized spacial score (nSPS) is 14.8. The van der Waals surface area contributed by atoms with E-state index in [0.717, 1.165) is 5.76 Å². The molecule has 3 heterocycles. The first-order valence-corrected chi connectivity index (χ1v) is 7.62. The first kappa shape index (κ1) is 16.0. The average molecular weight is 330 g/mol. The maximum atomic E-state index is 12.6. The molecule has 0 atom stereocenters. The van der Waals surface area contributed by atoms with Gasteiger partial charge in [0.15, 0.2) is 5.69 Å². The molecule has 1 N–H and O–H groups in total. The number of carbonyl (C=O) groups excluding carboxylic acids is 1. The molecule has 8 nitrogen and oxygen atoms in total. The van der Waals surface area contributed by atoms with Crippen molar-refractivity contribution in [1.29, 1.82) is 0 Å². The van der Waals surface area contributed by atoms with Crippen LogP contribution in [0.15, 0.2) is 22.9 Å². The Hall–Kier alpha value is -2.90. The number of hydrogen-bond acceptors (Lipinski definition) is 6. The average Bonchev–Trinajstić information content (AvgIpc) is 2.93. The van der Waals surface area contributed by atoms with Crippen LogP contribution in [-0.4, -0.2) is 58.0 Å². The number of carboxylic acid groups (broad SMARTS) is 1. The van der Waals surface area contributed by atoms with Crippen LogP contribution in [0.1, 0.15) is 32.4 Å². The number of aromatic carboxylic acids is 1. The van der Waals surface area contributed by atoms with Crippen molar-refractivity contribution in [3.63, 3.8) is 0 Å². The molecule has 1 fully saturated rings. The first-order valence-electron chi connectivity index (χ1n) is 7.62. The number of amides is 1.